The monoisotopic (exact) mass is 283 g/mol. The number of carboxylic acids is 1. The quantitative estimate of drug-likeness (QED) is 0.833. The van der Waals surface area contributed by atoms with Crippen LogP contribution in [0.1, 0.15) is 25.7 Å². The molecule has 2 aliphatic rings. The maximum atomic E-state index is 12.1. The number of carboxylic acid groups (broad SMARTS) is 1. The molecule has 2 rings (SSSR count). The van der Waals surface area contributed by atoms with Crippen molar-refractivity contribution in [2.75, 3.05) is 46.3 Å². The predicted octanol–water partition coefficient (Wildman–Crippen LogP) is 0.931. The summed E-state index contributed by atoms with van der Waals surface area (Å²) in [5, 5.41) is 8.71. The smallest absolute Gasteiger partial charge is 0.323 e. The summed E-state index contributed by atoms with van der Waals surface area (Å²) in [7, 11) is 1.55. The average Bonchev–Trinajstić information content (AvgIpc) is 2.91. The van der Waals surface area contributed by atoms with E-state index in [0.717, 1.165) is 32.5 Å². The van der Waals surface area contributed by atoms with Gasteiger partial charge in [0.1, 0.15) is 6.54 Å². The number of aliphatic carboxylic acids is 1. The van der Waals surface area contributed by atoms with E-state index in [2.05, 4.69) is 4.90 Å². The number of carbonyl (C=O) groups excluding carboxylic acids is 1. The lowest BCUT2D eigenvalue weighted by Crippen LogP contribution is -2.47. The first kappa shape index (κ1) is 15.1. The highest BCUT2D eigenvalue weighted by Gasteiger charge is 2.27. The molecule has 114 valence electrons. The van der Waals surface area contributed by atoms with Crippen LogP contribution in [-0.2, 0) is 4.79 Å². The molecule has 0 aromatic heterocycles. The number of nitrogens with zero attached hydrogens (tertiary/aromatic N) is 3. The third-order valence-corrected chi connectivity index (χ3v) is 4.30. The minimum absolute atomic E-state index is 0.160. The molecule has 0 atom stereocenters. The molecule has 6 nitrogen and oxygen atoms in total. The Balaban J connectivity index is 1.72. The van der Waals surface area contributed by atoms with Crippen molar-refractivity contribution in [2.45, 2.75) is 25.7 Å². The van der Waals surface area contributed by atoms with E-state index in [0.29, 0.717) is 5.92 Å². The average molecular weight is 283 g/mol. The van der Waals surface area contributed by atoms with Crippen LogP contribution in [0.5, 0.6) is 0 Å². The second-order valence-electron chi connectivity index (χ2n) is 5.97. The molecular formula is C14H25N3O3. The SMILES string of the molecule is CN(CC(=O)O)C(=O)N1CCC(CN2CCCC2)CC1. The van der Waals surface area contributed by atoms with Crippen LogP contribution in [0.4, 0.5) is 4.79 Å². The van der Waals surface area contributed by atoms with Crippen molar-refractivity contribution >= 4 is 12.0 Å². The molecule has 2 heterocycles. The lowest BCUT2D eigenvalue weighted by atomic mass is 9.96. The van der Waals surface area contributed by atoms with Crippen LogP contribution in [0.2, 0.25) is 0 Å². The fourth-order valence-electron chi connectivity index (χ4n) is 3.15. The van der Waals surface area contributed by atoms with Gasteiger partial charge in [-0.15, -0.1) is 0 Å². The molecule has 0 bridgehead atoms. The number of likely N-dealkylation sites (tertiary alicyclic amines) is 2. The second kappa shape index (κ2) is 6.92. The van der Waals surface area contributed by atoms with Gasteiger partial charge in [0, 0.05) is 26.7 Å². The number of carbonyl (C=O) groups is 2. The van der Waals surface area contributed by atoms with Gasteiger partial charge in [-0.1, -0.05) is 0 Å². The van der Waals surface area contributed by atoms with Crippen molar-refractivity contribution in [3.8, 4) is 0 Å². The Hall–Kier alpha value is -1.30. The van der Waals surface area contributed by atoms with E-state index in [9.17, 15) is 9.59 Å². The molecule has 0 unspecified atom stereocenters. The molecule has 20 heavy (non-hydrogen) atoms. The first-order valence-corrected chi connectivity index (χ1v) is 7.50. The first-order chi connectivity index (χ1) is 9.56. The molecular weight excluding hydrogens is 258 g/mol. The second-order valence-corrected chi connectivity index (χ2v) is 5.97. The van der Waals surface area contributed by atoms with Gasteiger partial charge in [-0.3, -0.25) is 4.79 Å². The van der Waals surface area contributed by atoms with Gasteiger partial charge in [-0.25, -0.2) is 4.79 Å². The zero-order valence-electron chi connectivity index (χ0n) is 12.3. The van der Waals surface area contributed by atoms with E-state index in [1.165, 1.54) is 30.8 Å². The van der Waals surface area contributed by atoms with Crippen molar-refractivity contribution in [3.63, 3.8) is 0 Å². The van der Waals surface area contributed by atoms with Crippen LogP contribution in [0.15, 0.2) is 0 Å². The fraction of sp³-hybridized carbons (Fsp3) is 0.857. The summed E-state index contributed by atoms with van der Waals surface area (Å²) >= 11 is 0. The molecule has 0 spiro atoms. The van der Waals surface area contributed by atoms with Crippen molar-refractivity contribution in [3.05, 3.63) is 0 Å². The van der Waals surface area contributed by atoms with E-state index in [1.807, 2.05) is 0 Å². The Bertz CT molecular complexity index is 348. The molecule has 1 N–H and O–H groups in total. The minimum Gasteiger partial charge on any atom is -0.480 e. The number of likely N-dealkylation sites (N-methyl/N-ethyl adjacent to an activating group) is 1. The van der Waals surface area contributed by atoms with Crippen LogP contribution < -0.4 is 0 Å². The Kier molecular flexibility index (Phi) is 5.23. The summed E-state index contributed by atoms with van der Waals surface area (Å²) < 4.78 is 0. The molecule has 0 aliphatic carbocycles. The molecule has 2 saturated heterocycles. The Morgan fingerprint density at radius 3 is 2.30 bits per heavy atom. The van der Waals surface area contributed by atoms with Crippen LogP contribution >= 0.6 is 0 Å². The van der Waals surface area contributed by atoms with Crippen molar-refractivity contribution in [1.29, 1.82) is 0 Å². The topological polar surface area (TPSA) is 64.1 Å². The van der Waals surface area contributed by atoms with E-state index in [4.69, 9.17) is 5.11 Å². The van der Waals surface area contributed by atoms with Crippen molar-refractivity contribution < 1.29 is 14.7 Å². The number of hydrogen-bond acceptors (Lipinski definition) is 3. The van der Waals surface area contributed by atoms with E-state index in [-0.39, 0.29) is 12.6 Å². The predicted molar refractivity (Wildman–Crippen MR) is 75.6 cm³/mol. The highest BCUT2D eigenvalue weighted by atomic mass is 16.4. The van der Waals surface area contributed by atoms with E-state index >= 15 is 0 Å². The third-order valence-electron chi connectivity index (χ3n) is 4.30. The van der Waals surface area contributed by atoms with Crippen LogP contribution in [-0.4, -0.2) is 78.1 Å². The number of rotatable bonds is 4. The molecule has 2 amide bonds. The summed E-state index contributed by atoms with van der Waals surface area (Å²) in [5.41, 5.74) is 0. The molecule has 0 aromatic carbocycles. The van der Waals surface area contributed by atoms with Gasteiger partial charge < -0.3 is 19.8 Å². The van der Waals surface area contributed by atoms with Crippen molar-refractivity contribution in [2.24, 2.45) is 5.92 Å². The van der Waals surface area contributed by atoms with E-state index < -0.39 is 5.97 Å². The summed E-state index contributed by atoms with van der Waals surface area (Å²) in [6.45, 7) is 4.88. The number of hydrogen-bond donors (Lipinski definition) is 1. The van der Waals surface area contributed by atoms with Crippen LogP contribution in [0.25, 0.3) is 0 Å². The van der Waals surface area contributed by atoms with Gasteiger partial charge in [0.05, 0.1) is 0 Å². The zero-order valence-corrected chi connectivity index (χ0v) is 12.3. The Morgan fingerprint density at radius 2 is 1.75 bits per heavy atom. The summed E-state index contributed by atoms with van der Waals surface area (Å²) in [6.07, 6.45) is 4.70. The molecule has 0 aromatic rings. The maximum absolute atomic E-state index is 12.1. The lowest BCUT2D eigenvalue weighted by Gasteiger charge is -2.35. The lowest BCUT2D eigenvalue weighted by molar-refractivity contribution is -0.137. The molecule has 0 saturated carbocycles. The summed E-state index contributed by atoms with van der Waals surface area (Å²) in [4.78, 5) is 28.3. The maximum Gasteiger partial charge on any atom is 0.323 e. The Morgan fingerprint density at radius 1 is 1.15 bits per heavy atom. The molecule has 6 heteroatoms. The third kappa shape index (κ3) is 4.10. The van der Waals surface area contributed by atoms with Gasteiger partial charge in [-0.05, 0) is 44.7 Å². The summed E-state index contributed by atoms with van der Waals surface area (Å²) in [5.74, 6) is -0.285. The Labute approximate surface area is 120 Å². The van der Waals surface area contributed by atoms with Crippen LogP contribution in [0, 0.1) is 5.92 Å². The van der Waals surface area contributed by atoms with Gasteiger partial charge in [-0.2, -0.15) is 0 Å². The fourth-order valence-corrected chi connectivity index (χ4v) is 3.15. The highest BCUT2D eigenvalue weighted by Crippen LogP contribution is 2.21. The van der Waals surface area contributed by atoms with E-state index in [1.54, 1.807) is 11.9 Å². The van der Waals surface area contributed by atoms with Gasteiger partial charge >= 0.3 is 12.0 Å². The molecule has 2 fully saturated rings. The van der Waals surface area contributed by atoms with Crippen LogP contribution in [0.3, 0.4) is 0 Å². The number of amides is 2. The zero-order chi connectivity index (χ0) is 14.5. The van der Waals surface area contributed by atoms with Gasteiger partial charge in [0.25, 0.3) is 0 Å². The van der Waals surface area contributed by atoms with Gasteiger partial charge in [0.2, 0.25) is 0 Å². The minimum atomic E-state index is -0.968. The normalized spacial score (nSPS) is 21.1. The highest BCUT2D eigenvalue weighted by molar-refractivity contribution is 5.79. The largest absolute Gasteiger partial charge is 0.480 e. The number of piperidine rings is 1. The number of urea groups is 1. The first-order valence-electron chi connectivity index (χ1n) is 7.50. The van der Waals surface area contributed by atoms with Gasteiger partial charge in [0.15, 0.2) is 0 Å². The molecule has 2 aliphatic heterocycles. The van der Waals surface area contributed by atoms with Crippen molar-refractivity contribution in [1.82, 2.24) is 14.7 Å². The molecule has 0 radical (unpaired) electrons. The summed E-state index contributed by atoms with van der Waals surface area (Å²) in [6, 6.07) is -0.160. The standard InChI is InChI=1S/C14H25N3O3/c1-15(11-13(18)19)14(20)17-8-4-12(5-9-17)10-16-6-2-3-7-16/h12H,2-11H2,1H3,(H,18,19).